The third kappa shape index (κ3) is 3.82. The summed E-state index contributed by atoms with van der Waals surface area (Å²) < 4.78 is 5.82. The monoisotopic (exact) mass is 452 g/mol. The second-order valence-corrected chi connectivity index (χ2v) is 7.98. The number of Topliss-reactive ketones (excluding diaryl/α,β-unsaturated/α-hetero) is 1. The Hall–Kier alpha value is -4.71. The number of H-pyrrole nitrogens is 1. The molecular weight excluding hydrogens is 432 g/mol. The van der Waals surface area contributed by atoms with E-state index in [0.717, 1.165) is 5.56 Å². The SMILES string of the molecule is C[C@H]1C=C(c2ccccc2C#N)C2=C(C1=O)N(NC(=O)c1n[nH]c(Cc3ccccc3)n1)CO2. The molecule has 3 aromatic rings. The highest BCUT2D eigenvalue weighted by molar-refractivity contribution is 6.06. The summed E-state index contributed by atoms with van der Waals surface area (Å²) in [7, 11) is 0. The van der Waals surface area contributed by atoms with E-state index in [9.17, 15) is 14.9 Å². The first-order valence-corrected chi connectivity index (χ1v) is 10.7. The number of hydrazine groups is 1. The number of amides is 1. The Morgan fingerprint density at radius 3 is 2.79 bits per heavy atom. The Morgan fingerprint density at radius 1 is 1.24 bits per heavy atom. The molecule has 0 saturated carbocycles. The van der Waals surface area contributed by atoms with Crippen LogP contribution in [0.4, 0.5) is 0 Å². The molecule has 0 bridgehead atoms. The molecule has 2 aromatic carbocycles. The number of benzene rings is 2. The minimum Gasteiger partial charge on any atom is -0.468 e. The summed E-state index contributed by atoms with van der Waals surface area (Å²) in [4.78, 5) is 30.1. The van der Waals surface area contributed by atoms with Crippen LogP contribution in [0.5, 0.6) is 0 Å². The van der Waals surface area contributed by atoms with Crippen LogP contribution >= 0.6 is 0 Å². The summed E-state index contributed by atoms with van der Waals surface area (Å²) in [6, 6.07) is 19.0. The van der Waals surface area contributed by atoms with E-state index >= 15 is 0 Å². The molecule has 0 unspecified atom stereocenters. The molecule has 2 heterocycles. The van der Waals surface area contributed by atoms with Gasteiger partial charge in [-0.3, -0.25) is 20.1 Å². The maximum atomic E-state index is 13.0. The van der Waals surface area contributed by atoms with Gasteiger partial charge in [-0.2, -0.15) is 5.26 Å². The van der Waals surface area contributed by atoms with E-state index in [1.54, 1.807) is 25.1 Å². The molecule has 2 N–H and O–H groups in total. The molecule has 1 aromatic heterocycles. The lowest BCUT2D eigenvalue weighted by Gasteiger charge is -2.23. The molecule has 0 fully saturated rings. The molecule has 9 nitrogen and oxygen atoms in total. The number of aromatic amines is 1. The lowest BCUT2D eigenvalue weighted by molar-refractivity contribution is -0.119. The Labute approximate surface area is 195 Å². The first kappa shape index (κ1) is 21.2. The number of aromatic nitrogens is 3. The van der Waals surface area contributed by atoms with Crippen molar-refractivity contribution < 1.29 is 14.3 Å². The van der Waals surface area contributed by atoms with E-state index in [-0.39, 0.29) is 24.0 Å². The number of nitrogens with one attached hydrogen (secondary N) is 2. The number of rotatable bonds is 5. The van der Waals surface area contributed by atoms with Gasteiger partial charge in [0.1, 0.15) is 11.5 Å². The zero-order valence-electron chi connectivity index (χ0n) is 18.3. The molecule has 5 rings (SSSR count). The normalized spacial score (nSPS) is 17.1. The van der Waals surface area contributed by atoms with Crippen molar-refractivity contribution in [2.45, 2.75) is 13.3 Å². The van der Waals surface area contributed by atoms with Gasteiger partial charge < -0.3 is 4.74 Å². The fraction of sp³-hybridized carbons (Fsp3) is 0.160. The Balaban J connectivity index is 1.38. The lowest BCUT2D eigenvalue weighted by Crippen LogP contribution is -2.43. The Morgan fingerprint density at radius 2 is 2.00 bits per heavy atom. The summed E-state index contributed by atoms with van der Waals surface area (Å²) in [5.41, 5.74) is 5.75. The van der Waals surface area contributed by atoms with Gasteiger partial charge >= 0.3 is 5.91 Å². The number of carbonyl (C=O) groups is 2. The van der Waals surface area contributed by atoms with Gasteiger partial charge in [0.05, 0.1) is 11.6 Å². The Kier molecular flexibility index (Phi) is 5.40. The van der Waals surface area contributed by atoms with Crippen LogP contribution in [0.1, 0.15) is 40.1 Å². The summed E-state index contributed by atoms with van der Waals surface area (Å²) in [6.07, 6.45) is 2.29. The molecule has 1 aliphatic carbocycles. The van der Waals surface area contributed by atoms with Crippen molar-refractivity contribution in [1.29, 1.82) is 5.26 Å². The minimum atomic E-state index is -0.568. The molecule has 9 heteroatoms. The van der Waals surface area contributed by atoms with Crippen LogP contribution in [0.2, 0.25) is 0 Å². The molecule has 34 heavy (non-hydrogen) atoms. The minimum absolute atomic E-state index is 0.0399. The van der Waals surface area contributed by atoms with E-state index in [4.69, 9.17) is 4.74 Å². The predicted molar refractivity (Wildman–Crippen MR) is 121 cm³/mol. The van der Waals surface area contributed by atoms with Gasteiger partial charge in [0.25, 0.3) is 0 Å². The topological polar surface area (TPSA) is 124 Å². The molecule has 1 amide bonds. The van der Waals surface area contributed by atoms with Crippen molar-refractivity contribution in [3.05, 3.63) is 100 Å². The average molecular weight is 452 g/mol. The molecule has 0 spiro atoms. The number of ether oxygens (including phenoxy) is 1. The highest BCUT2D eigenvalue weighted by Gasteiger charge is 2.39. The third-order valence-corrected chi connectivity index (χ3v) is 5.65. The largest absolute Gasteiger partial charge is 0.468 e. The lowest BCUT2D eigenvalue weighted by atomic mass is 9.87. The quantitative estimate of drug-likeness (QED) is 0.610. The van der Waals surface area contributed by atoms with E-state index in [2.05, 4.69) is 26.7 Å². The van der Waals surface area contributed by atoms with Gasteiger partial charge in [0.15, 0.2) is 18.3 Å². The van der Waals surface area contributed by atoms with E-state index in [1.807, 2.05) is 42.5 Å². The first-order chi connectivity index (χ1) is 16.5. The van der Waals surface area contributed by atoms with Gasteiger partial charge in [-0.25, -0.2) is 9.99 Å². The van der Waals surface area contributed by atoms with Gasteiger partial charge in [0.2, 0.25) is 5.82 Å². The molecule has 1 atom stereocenters. The summed E-state index contributed by atoms with van der Waals surface area (Å²) in [6.45, 7) is 1.72. The number of allylic oxidation sites excluding steroid dienone is 3. The smallest absolute Gasteiger partial charge is 0.309 e. The van der Waals surface area contributed by atoms with Crippen molar-refractivity contribution >= 4 is 17.3 Å². The van der Waals surface area contributed by atoms with E-state index in [1.165, 1.54) is 5.01 Å². The molecular formula is C25H20N6O3. The van der Waals surface area contributed by atoms with Crippen molar-refractivity contribution in [3.8, 4) is 6.07 Å². The van der Waals surface area contributed by atoms with Crippen LogP contribution < -0.4 is 5.43 Å². The summed E-state index contributed by atoms with van der Waals surface area (Å²) in [5, 5.41) is 17.7. The highest BCUT2D eigenvalue weighted by atomic mass is 16.5. The first-order valence-electron chi connectivity index (χ1n) is 10.7. The van der Waals surface area contributed by atoms with Gasteiger partial charge in [-0.05, 0) is 11.6 Å². The summed E-state index contributed by atoms with van der Waals surface area (Å²) in [5.74, 6) is -0.363. The molecule has 0 radical (unpaired) electrons. The van der Waals surface area contributed by atoms with Crippen LogP contribution in [-0.4, -0.2) is 38.6 Å². The van der Waals surface area contributed by atoms with Gasteiger partial charge in [-0.1, -0.05) is 61.5 Å². The second kappa shape index (κ2) is 8.67. The van der Waals surface area contributed by atoms with Crippen molar-refractivity contribution in [1.82, 2.24) is 25.6 Å². The van der Waals surface area contributed by atoms with Gasteiger partial charge in [0, 0.05) is 23.5 Å². The number of carbonyl (C=O) groups excluding carboxylic acids is 2. The molecule has 0 saturated heterocycles. The number of hydrogen-bond acceptors (Lipinski definition) is 7. The second-order valence-electron chi connectivity index (χ2n) is 7.98. The van der Waals surface area contributed by atoms with E-state index < -0.39 is 11.8 Å². The molecule has 168 valence electrons. The van der Waals surface area contributed by atoms with Crippen LogP contribution in [0.15, 0.2) is 72.1 Å². The van der Waals surface area contributed by atoms with Crippen molar-refractivity contribution in [2.24, 2.45) is 5.92 Å². The van der Waals surface area contributed by atoms with E-state index in [0.29, 0.717) is 34.7 Å². The van der Waals surface area contributed by atoms with Crippen LogP contribution in [0.25, 0.3) is 5.57 Å². The Bertz CT molecular complexity index is 1380. The number of nitrogens with zero attached hydrogens (tertiary/aromatic N) is 4. The predicted octanol–water partition coefficient (Wildman–Crippen LogP) is 2.72. The third-order valence-electron chi connectivity index (χ3n) is 5.65. The highest BCUT2D eigenvalue weighted by Crippen LogP contribution is 2.39. The van der Waals surface area contributed by atoms with Crippen LogP contribution in [0.3, 0.4) is 0 Å². The standard InChI is InChI=1S/C25H20N6O3/c1-15-11-19(18-10-6-5-9-17(18)13-26)23-21(22(15)32)31(14-34-23)30-25(33)24-27-20(28-29-24)12-16-7-3-2-4-8-16/h2-11,15H,12,14H2,1H3,(H,30,33)(H,27,28,29)/t15-/m0/s1. The average Bonchev–Trinajstić information content (AvgIpc) is 3.50. The maximum Gasteiger partial charge on any atom is 0.309 e. The van der Waals surface area contributed by atoms with Crippen molar-refractivity contribution in [3.63, 3.8) is 0 Å². The molecule has 2 aliphatic rings. The van der Waals surface area contributed by atoms with Crippen LogP contribution in [-0.2, 0) is 16.0 Å². The number of nitriles is 1. The van der Waals surface area contributed by atoms with Crippen molar-refractivity contribution in [2.75, 3.05) is 6.73 Å². The maximum absolute atomic E-state index is 13.0. The fourth-order valence-corrected chi connectivity index (χ4v) is 4.01. The fourth-order valence-electron chi connectivity index (χ4n) is 4.01. The number of hydrogen-bond donors (Lipinski definition) is 2. The zero-order valence-corrected chi connectivity index (χ0v) is 18.3. The van der Waals surface area contributed by atoms with Crippen LogP contribution in [0, 0.1) is 17.2 Å². The number of ketones is 1. The summed E-state index contributed by atoms with van der Waals surface area (Å²) >= 11 is 0. The zero-order chi connectivity index (χ0) is 23.7. The molecule has 1 aliphatic heterocycles. The van der Waals surface area contributed by atoms with Gasteiger partial charge in [-0.15, -0.1) is 5.10 Å².